The number of amides is 2. The zero-order valence-corrected chi connectivity index (χ0v) is 17.2. The molecule has 0 spiro atoms. The molecule has 2 heterocycles. The van der Waals surface area contributed by atoms with Crippen molar-refractivity contribution in [1.82, 2.24) is 24.7 Å². The molecule has 0 bridgehead atoms. The summed E-state index contributed by atoms with van der Waals surface area (Å²) in [5.41, 5.74) is 2.39. The van der Waals surface area contributed by atoms with E-state index in [1.165, 1.54) is 14.2 Å². The number of hydroxylamine groups is 2. The van der Waals surface area contributed by atoms with Crippen molar-refractivity contribution in [3.63, 3.8) is 0 Å². The van der Waals surface area contributed by atoms with Gasteiger partial charge in [0.1, 0.15) is 5.69 Å². The van der Waals surface area contributed by atoms with Crippen LogP contribution in [0.5, 0.6) is 0 Å². The molecule has 2 aromatic rings. The maximum absolute atomic E-state index is 12.6. The number of aromatic nitrogens is 3. The van der Waals surface area contributed by atoms with E-state index in [0.717, 1.165) is 29.3 Å². The Bertz CT molecular complexity index is 792. The van der Waals surface area contributed by atoms with Crippen LogP contribution in [0.25, 0.3) is 5.82 Å². The monoisotopic (exact) mass is 391 g/mol. The summed E-state index contributed by atoms with van der Waals surface area (Å²) in [7, 11) is 2.96. The summed E-state index contributed by atoms with van der Waals surface area (Å²) in [5.74, 6) is 0.313. The van der Waals surface area contributed by atoms with Gasteiger partial charge in [0, 0.05) is 31.0 Å². The van der Waals surface area contributed by atoms with Gasteiger partial charge in [0.05, 0.1) is 20.3 Å². The Balaban J connectivity index is 2.17. The molecule has 9 heteroatoms. The molecule has 0 saturated carbocycles. The molecule has 2 rings (SSSR count). The van der Waals surface area contributed by atoms with Crippen LogP contribution in [0, 0.1) is 13.8 Å². The highest BCUT2D eigenvalue weighted by Gasteiger charge is 2.21. The van der Waals surface area contributed by atoms with Gasteiger partial charge in [-0.05, 0) is 32.4 Å². The topological polar surface area (TPSA) is 90.6 Å². The SMILES string of the molecule is CCCCOC(=O)NCCn1nc(-n2c(C)ccc2C)cc1C(=O)N(C)OC. The number of hydrogen-bond acceptors (Lipinski definition) is 5. The lowest BCUT2D eigenvalue weighted by Gasteiger charge is -2.14. The van der Waals surface area contributed by atoms with Gasteiger partial charge in [-0.3, -0.25) is 14.3 Å². The molecule has 154 valence electrons. The van der Waals surface area contributed by atoms with Gasteiger partial charge in [0.15, 0.2) is 5.82 Å². The van der Waals surface area contributed by atoms with E-state index in [0.29, 0.717) is 24.7 Å². The van der Waals surface area contributed by atoms with Crippen LogP contribution in [-0.4, -0.2) is 58.7 Å². The molecule has 0 aliphatic carbocycles. The van der Waals surface area contributed by atoms with Crippen LogP contribution in [0.4, 0.5) is 4.79 Å². The van der Waals surface area contributed by atoms with E-state index in [2.05, 4.69) is 10.4 Å². The average Bonchev–Trinajstić information content (AvgIpc) is 3.23. The summed E-state index contributed by atoms with van der Waals surface area (Å²) in [5, 5.41) is 8.39. The molecule has 28 heavy (non-hydrogen) atoms. The molecule has 0 radical (unpaired) electrons. The number of ether oxygens (including phenoxy) is 1. The van der Waals surface area contributed by atoms with E-state index in [1.54, 1.807) is 10.7 Å². The highest BCUT2D eigenvalue weighted by Crippen LogP contribution is 2.17. The summed E-state index contributed by atoms with van der Waals surface area (Å²) < 4.78 is 8.60. The quantitative estimate of drug-likeness (QED) is 0.524. The van der Waals surface area contributed by atoms with Gasteiger partial charge in [-0.15, -0.1) is 0 Å². The molecule has 0 aliphatic heterocycles. The maximum Gasteiger partial charge on any atom is 0.407 e. The second-order valence-corrected chi connectivity index (χ2v) is 6.46. The Hall–Kier alpha value is -2.81. The number of nitrogens with zero attached hydrogens (tertiary/aromatic N) is 4. The minimum Gasteiger partial charge on any atom is -0.450 e. The molecular weight excluding hydrogens is 362 g/mol. The molecule has 2 aromatic heterocycles. The van der Waals surface area contributed by atoms with Gasteiger partial charge in [0.25, 0.3) is 5.91 Å². The second-order valence-electron chi connectivity index (χ2n) is 6.46. The molecule has 2 amide bonds. The van der Waals surface area contributed by atoms with Crippen LogP contribution < -0.4 is 5.32 Å². The van der Waals surface area contributed by atoms with Crippen LogP contribution in [0.1, 0.15) is 41.6 Å². The fourth-order valence-electron chi connectivity index (χ4n) is 2.75. The van der Waals surface area contributed by atoms with Crippen molar-refractivity contribution in [1.29, 1.82) is 0 Å². The Morgan fingerprint density at radius 1 is 1.25 bits per heavy atom. The van der Waals surface area contributed by atoms with Gasteiger partial charge in [-0.25, -0.2) is 9.86 Å². The summed E-state index contributed by atoms with van der Waals surface area (Å²) in [6, 6.07) is 5.70. The largest absolute Gasteiger partial charge is 0.450 e. The van der Waals surface area contributed by atoms with Crippen molar-refractivity contribution in [2.45, 2.75) is 40.2 Å². The predicted octanol–water partition coefficient (Wildman–Crippen LogP) is 2.45. The van der Waals surface area contributed by atoms with Crippen LogP contribution in [0.15, 0.2) is 18.2 Å². The Labute approximate surface area is 165 Å². The van der Waals surface area contributed by atoms with Crippen LogP contribution in [-0.2, 0) is 16.1 Å². The molecule has 1 N–H and O–H groups in total. The van der Waals surface area contributed by atoms with Gasteiger partial charge in [-0.2, -0.15) is 5.10 Å². The van der Waals surface area contributed by atoms with Gasteiger partial charge < -0.3 is 14.6 Å². The molecule has 0 atom stereocenters. The van der Waals surface area contributed by atoms with E-state index >= 15 is 0 Å². The molecule has 9 nitrogen and oxygen atoms in total. The molecule has 0 aliphatic rings. The number of carbonyl (C=O) groups excluding carboxylic acids is 2. The lowest BCUT2D eigenvalue weighted by atomic mass is 10.3. The van der Waals surface area contributed by atoms with Crippen molar-refractivity contribution in [3.8, 4) is 5.82 Å². The fraction of sp³-hybridized carbons (Fsp3) is 0.526. The van der Waals surface area contributed by atoms with Crippen molar-refractivity contribution in [2.24, 2.45) is 0 Å². The van der Waals surface area contributed by atoms with Crippen LogP contribution >= 0.6 is 0 Å². The van der Waals surface area contributed by atoms with Crippen LogP contribution in [0.3, 0.4) is 0 Å². The zero-order chi connectivity index (χ0) is 20.7. The highest BCUT2D eigenvalue weighted by atomic mass is 16.7. The summed E-state index contributed by atoms with van der Waals surface area (Å²) in [4.78, 5) is 29.4. The summed E-state index contributed by atoms with van der Waals surface area (Å²) in [6.45, 7) is 6.97. The molecule has 0 saturated heterocycles. The van der Waals surface area contributed by atoms with E-state index in [1.807, 2.05) is 37.5 Å². The van der Waals surface area contributed by atoms with E-state index < -0.39 is 6.09 Å². The van der Waals surface area contributed by atoms with Crippen molar-refractivity contribution in [2.75, 3.05) is 27.3 Å². The van der Waals surface area contributed by atoms with E-state index in [9.17, 15) is 9.59 Å². The molecule has 0 unspecified atom stereocenters. The van der Waals surface area contributed by atoms with Crippen molar-refractivity contribution >= 4 is 12.0 Å². The maximum atomic E-state index is 12.6. The Morgan fingerprint density at radius 2 is 1.93 bits per heavy atom. The Kier molecular flexibility index (Phi) is 7.62. The number of carbonyl (C=O) groups is 2. The first kappa shape index (κ1) is 21.5. The first-order valence-electron chi connectivity index (χ1n) is 9.35. The summed E-state index contributed by atoms with van der Waals surface area (Å²) >= 11 is 0. The van der Waals surface area contributed by atoms with Crippen LogP contribution in [0.2, 0.25) is 0 Å². The standard InChI is InChI=1S/C19H29N5O4/c1-6-7-12-28-19(26)20-10-11-23-16(18(25)22(4)27-5)13-17(21-23)24-14(2)8-9-15(24)3/h8-9,13H,6-7,10-12H2,1-5H3,(H,20,26). The van der Waals surface area contributed by atoms with Gasteiger partial charge >= 0.3 is 6.09 Å². The zero-order valence-electron chi connectivity index (χ0n) is 17.2. The summed E-state index contributed by atoms with van der Waals surface area (Å²) in [6.07, 6.45) is 1.31. The number of unbranched alkanes of at least 4 members (excludes halogenated alkanes) is 1. The molecular formula is C19H29N5O4. The van der Waals surface area contributed by atoms with E-state index in [-0.39, 0.29) is 12.5 Å². The third-order valence-electron chi connectivity index (χ3n) is 4.37. The normalized spacial score (nSPS) is 10.8. The fourth-order valence-corrected chi connectivity index (χ4v) is 2.75. The van der Waals surface area contributed by atoms with Crippen molar-refractivity contribution < 1.29 is 19.2 Å². The lowest BCUT2D eigenvalue weighted by molar-refractivity contribution is -0.0763. The second kappa shape index (κ2) is 9.93. The smallest absolute Gasteiger partial charge is 0.407 e. The van der Waals surface area contributed by atoms with Crippen molar-refractivity contribution in [3.05, 3.63) is 35.3 Å². The predicted molar refractivity (Wildman–Crippen MR) is 104 cm³/mol. The minimum absolute atomic E-state index is 0.284. The number of hydrogen-bond donors (Lipinski definition) is 1. The number of nitrogens with one attached hydrogen (secondary N) is 1. The Morgan fingerprint density at radius 3 is 2.54 bits per heavy atom. The first-order chi connectivity index (χ1) is 13.4. The first-order valence-corrected chi connectivity index (χ1v) is 9.35. The average molecular weight is 391 g/mol. The molecule has 0 aromatic carbocycles. The number of alkyl carbamates (subject to hydrolysis) is 1. The lowest BCUT2D eigenvalue weighted by Crippen LogP contribution is -2.31. The number of rotatable bonds is 9. The highest BCUT2D eigenvalue weighted by molar-refractivity contribution is 5.92. The van der Waals surface area contributed by atoms with Gasteiger partial charge in [-0.1, -0.05) is 13.3 Å². The van der Waals surface area contributed by atoms with Gasteiger partial charge in [0.2, 0.25) is 0 Å². The number of aryl methyl sites for hydroxylation is 2. The minimum atomic E-state index is -0.472. The third kappa shape index (κ3) is 5.13. The third-order valence-corrected chi connectivity index (χ3v) is 4.37. The molecule has 0 fully saturated rings. The van der Waals surface area contributed by atoms with E-state index in [4.69, 9.17) is 9.57 Å².